The highest BCUT2D eigenvalue weighted by Crippen LogP contribution is 2.32. The number of hydrogen-bond acceptors (Lipinski definition) is 3. The number of rotatable bonds is 3. The molecule has 1 aromatic rings. The number of aryl methyl sites for hydroxylation is 1. The Morgan fingerprint density at radius 1 is 1.35 bits per heavy atom. The number of Topliss-reactive ketones (excluding diaryl/α,β-unsaturated/α-hetero) is 1. The highest BCUT2D eigenvalue weighted by molar-refractivity contribution is 6.04. The first-order valence-corrected chi connectivity index (χ1v) is 5.98. The van der Waals surface area contributed by atoms with E-state index in [1.54, 1.807) is 0 Å². The SMILES string of the molecule is Cc1cc2c(c(C)c1CCO)C(=O)C(CO)C2. The van der Waals surface area contributed by atoms with Crippen molar-refractivity contribution in [3.05, 3.63) is 33.9 Å². The van der Waals surface area contributed by atoms with E-state index in [2.05, 4.69) is 0 Å². The number of hydrogen-bond donors (Lipinski definition) is 2. The maximum Gasteiger partial charge on any atom is 0.169 e. The Labute approximate surface area is 101 Å². The van der Waals surface area contributed by atoms with Crippen molar-refractivity contribution >= 4 is 5.78 Å². The van der Waals surface area contributed by atoms with Crippen LogP contribution in [0.1, 0.15) is 32.6 Å². The summed E-state index contributed by atoms with van der Waals surface area (Å²) in [5.74, 6) is -0.216. The van der Waals surface area contributed by atoms with Crippen molar-refractivity contribution in [1.29, 1.82) is 0 Å². The van der Waals surface area contributed by atoms with E-state index in [0.29, 0.717) is 12.8 Å². The molecule has 0 aromatic heterocycles. The number of carbonyl (C=O) groups is 1. The van der Waals surface area contributed by atoms with E-state index in [0.717, 1.165) is 27.8 Å². The van der Waals surface area contributed by atoms with Crippen molar-refractivity contribution in [3.8, 4) is 0 Å². The Morgan fingerprint density at radius 2 is 2.06 bits per heavy atom. The van der Waals surface area contributed by atoms with Crippen molar-refractivity contribution in [1.82, 2.24) is 0 Å². The number of ketones is 1. The zero-order valence-corrected chi connectivity index (χ0v) is 10.3. The van der Waals surface area contributed by atoms with Gasteiger partial charge in [0.2, 0.25) is 0 Å². The molecule has 0 fully saturated rings. The molecule has 1 aliphatic rings. The van der Waals surface area contributed by atoms with Gasteiger partial charge in [0.15, 0.2) is 5.78 Å². The van der Waals surface area contributed by atoms with Gasteiger partial charge in [0.05, 0.1) is 6.61 Å². The summed E-state index contributed by atoms with van der Waals surface area (Å²) < 4.78 is 0. The molecular weight excluding hydrogens is 216 g/mol. The molecule has 0 saturated heterocycles. The first-order chi connectivity index (χ1) is 8.10. The maximum atomic E-state index is 12.1. The predicted octanol–water partition coefficient (Wildman–Crippen LogP) is 1.19. The lowest BCUT2D eigenvalue weighted by molar-refractivity contribution is 0.0882. The third kappa shape index (κ3) is 1.90. The van der Waals surface area contributed by atoms with Gasteiger partial charge in [-0.2, -0.15) is 0 Å². The molecule has 1 aliphatic carbocycles. The van der Waals surface area contributed by atoms with Crippen LogP contribution in [0.4, 0.5) is 0 Å². The second kappa shape index (κ2) is 4.59. The highest BCUT2D eigenvalue weighted by atomic mass is 16.3. The average molecular weight is 234 g/mol. The average Bonchev–Trinajstić information content (AvgIpc) is 2.61. The molecular formula is C14H18O3. The summed E-state index contributed by atoms with van der Waals surface area (Å²) in [6.07, 6.45) is 1.23. The van der Waals surface area contributed by atoms with Crippen LogP contribution in [-0.4, -0.2) is 29.2 Å². The lowest BCUT2D eigenvalue weighted by atomic mass is 9.92. The van der Waals surface area contributed by atoms with E-state index in [-0.39, 0.29) is 24.9 Å². The van der Waals surface area contributed by atoms with Gasteiger partial charge in [-0.05, 0) is 48.9 Å². The zero-order chi connectivity index (χ0) is 12.6. The van der Waals surface area contributed by atoms with Crippen LogP contribution in [0.3, 0.4) is 0 Å². The van der Waals surface area contributed by atoms with E-state index in [1.165, 1.54) is 0 Å². The molecule has 0 heterocycles. The van der Waals surface area contributed by atoms with E-state index in [4.69, 9.17) is 5.11 Å². The van der Waals surface area contributed by atoms with Gasteiger partial charge in [-0.3, -0.25) is 4.79 Å². The molecule has 3 heteroatoms. The van der Waals surface area contributed by atoms with Crippen LogP contribution >= 0.6 is 0 Å². The summed E-state index contributed by atoms with van der Waals surface area (Å²) >= 11 is 0. The Morgan fingerprint density at radius 3 is 2.65 bits per heavy atom. The van der Waals surface area contributed by atoms with Crippen molar-refractivity contribution in [2.24, 2.45) is 5.92 Å². The minimum atomic E-state index is -0.271. The van der Waals surface area contributed by atoms with Crippen molar-refractivity contribution in [2.45, 2.75) is 26.7 Å². The molecule has 1 unspecified atom stereocenters. The molecule has 2 rings (SSSR count). The highest BCUT2D eigenvalue weighted by Gasteiger charge is 2.32. The number of aliphatic hydroxyl groups is 2. The van der Waals surface area contributed by atoms with E-state index < -0.39 is 0 Å². The lowest BCUT2D eigenvalue weighted by Crippen LogP contribution is -2.14. The molecule has 0 saturated carbocycles. The van der Waals surface area contributed by atoms with Crippen LogP contribution in [0.15, 0.2) is 6.07 Å². The fourth-order valence-corrected chi connectivity index (χ4v) is 2.82. The lowest BCUT2D eigenvalue weighted by Gasteiger charge is -2.13. The summed E-state index contributed by atoms with van der Waals surface area (Å²) in [5, 5.41) is 18.2. The van der Waals surface area contributed by atoms with Gasteiger partial charge in [-0.1, -0.05) is 6.07 Å². The van der Waals surface area contributed by atoms with Crippen LogP contribution in [0.5, 0.6) is 0 Å². The van der Waals surface area contributed by atoms with Gasteiger partial charge in [-0.15, -0.1) is 0 Å². The van der Waals surface area contributed by atoms with Gasteiger partial charge in [0.25, 0.3) is 0 Å². The molecule has 2 N–H and O–H groups in total. The van der Waals surface area contributed by atoms with Gasteiger partial charge in [-0.25, -0.2) is 0 Å². The Bertz CT molecular complexity index is 463. The summed E-state index contributed by atoms with van der Waals surface area (Å²) in [5.41, 5.74) is 5.00. The summed E-state index contributed by atoms with van der Waals surface area (Å²) in [4.78, 5) is 12.1. The Kier molecular flexibility index (Phi) is 3.31. The topological polar surface area (TPSA) is 57.5 Å². The molecule has 0 amide bonds. The van der Waals surface area contributed by atoms with Crippen LogP contribution in [-0.2, 0) is 12.8 Å². The van der Waals surface area contributed by atoms with Crippen LogP contribution in [0.2, 0.25) is 0 Å². The van der Waals surface area contributed by atoms with E-state index in [1.807, 2.05) is 19.9 Å². The molecule has 1 aromatic carbocycles. The molecule has 0 radical (unpaired) electrons. The summed E-state index contributed by atoms with van der Waals surface area (Å²) in [6, 6.07) is 2.03. The Balaban J connectivity index is 2.53. The fraction of sp³-hybridized carbons (Fsp3) is 0.500. The standard InChI is InChI=1S/C14H18O3/c1-8-5-10-6-11(7-16)14(17)13(10)9(2)12(8)3-4-15/h5,11,15-16H,3-4,6-7H2,1-2H3. The van der Waals surface area contributed by atoms with Crippen molar-refractivity contribution < 1.29 is 15.0 Å². The van der Waals surface area contributed by atoms with Gasteiger partial charge >= 0.3 is 0 Å². The third-order valence-electron chi connectivity index (χ3n) is 3.68. The first-order valence-electron chi connectivity index (χ1n) is 5.98. The van der Waals surface area contributed by atoms with Crippen LogP contribution < -0.4 is 0 Å². The summed E-state index contributed by atoms with van der Waals surface area (Å²) in [6.45, 7) is 3.96. The largest absolute Gasteiger partial charge is 0.396 e. The van der Waals surface area contributed by atoms with Crippen molar-refractivity contribution in [2.75, 3.05) is 13.2 Å². The monoisotopic (exact) mass is 234 g/mol. The number of carbonyl (C=O) groups excluding carboxylic acids is 1. The first kappa shape index (κ1) is 12.3. The van der Waals surface area contributed by atoms with E-state index >= 15 is 0 Å². The minimum Gasteiger partial charge on any atom is -0.396 e. The Hall–Kier alpha value is -1.19. The van der Waals surface area contributed by atoms with Gasteiger partial charge in [0, 0.05) is 18.1 Å². The minimum absolute atomic E-state index is 0.0548. The molecule has 17 heavy (non-hydrogen) atoms. The number of aliphatic hydroxyl groups excluding tert-OH is 2. The zero-order valence-electron chi connectivity index (χ0n) is 10.3. The summed E-state index contributed by atoms with van der Waals surface area (Å²) in [7, 11) is 0. The quantitative estimate of drug-likeness (QED) is 0.826. The molecule has 92 valence electrons. The third-order valence-corrected chi connectivity index (χ3v) is 3.68. The molecule has 0 aliphatic heterocycles. The maximum absolute atomic E-state index is 12.1. The second-order valence-corrected chi connectivity index (χ2v) is 4.75. The number of fused-ring (bicyclic) bond motifs is 1. The van der Waals surface area contributed by atoms with Crippen LogP contribution in [0, 0.1) is 19.8 Å². The van der Waals surface area contributed by atoms with Crippen LogP contribution in [0.25, 0.3) is 0 Å². The molecule has 3 nitrogen and oxygen atoms in total. The van der Waals surface area contributed by atoms with E-state index in [9.17, 15) is 9.90 Å². The van der Waals surface area contributed by atoms with Gasteiger partial charge in [0.1, 0.15) is 0 Å². The normalized spacial score (nSPS) is 18.6. The van der Waals surface area contributed by atoms with Crippen molar-refractivity contribution in [3.63, 3.8) is 0 Å². The fourth-order valence-electron chi connectivity index (χ4n) is 2.82. The predicted molar refractivity (Wildman–Crippen MR) is 65.3 cm³/mol. The molecule has 1 atom stereocenters. The van der Waals surface area contributed by atoms with Gasteiger partial charge < -0.3 is 10.2 Å². The molecule has 0 bridgehead atoms. The smallest absolute Gasteiger partial charge is 0.169 e. The molecule has 0 spiro atoms. The second-order valence-electron chi connectivity index (χ2n) is 4.75. The number of benzene rings is 1.